The highest BCUT2D eigenvalue weighted by Crippen LogP contribution is 2.27. The van der Waals surface area contributed by atoms with Gasteiger partial charge in [0.05, 0.1) is 6.54 Å². The minimum Gasteiger partial charge on any atom is -0.363 e. The molecule has 1 heterocycles. The number of halogens is 4. The van der Waals surface area contributed by atoms with Gasteiger partial charge in [-0.2, -0.15) is 8.78 Å². The van der Waals surface area contributed by atoms with Crippen LogP contribution in [0.15, 0.2) is 6.33 Å². The third-order valence-corrected chi connectivity index (χ3v) is 2.94. The fourth-order valence-corrected chi connectivity index (χ4v) is 1.95. The molecular formula is C11H13F4N3. The molecule has 0 saturated heterocycles. The van der Waals surface area contributed by atoms with Crippen molar-refractivity contribution in [3.8, 4) is 0 Å². The highest BCUT2D eigenvalue weighted by atomic mass is 19.3. The normalized spacial score (nSPS) is 15.6. The highest BCUT2D eigenvalue weighted by molar-refractivity contribution is 5.47. The van der Waals surface area contributed by atoms with Crippen molar-refractivity contribution >= 4 is 5.82 Å². The molecule has 0 fully saturated rings. The molecule has 0 atom stereocenters. The number of alkyl halides is 4. The molecule has 1 aromatic rings. The van der Waals surface area contributed by atoms with Gasteiger partial charge < -0.3 is 5.32 Å². The van der Waals surface area contributed by atoms with Crippen LogP contribution in [-0.4, -0.2) is 28.9 Å². The van der Waals surface area contributed by atoms with Gasteiger partial charge in [-0.25, -0.2) is 18.7 Å². The van der Waals surface area contributed by atoms with Crippen LogP contribution in [0.3, 0.4) is 0 Å². The van der Waals surface area contributed by atoms with Crippen molar-refractivity contribution < 1.29 is 17.6 Å². The summed E-state index contributed by atoms with van der Waals surface area (Å²) in [5.41, 5.74) is 1.59. The molecule has 100 valence electrons. The predicted molar refractivity (Wildman–Crippen MR) is 58.1 cm³/mol. The second-order valence-corrected chi connectivity index (χ2v) is 4.27. The van der Waals surface area contributed by atoms with Crippen molar-refractivity contribution in [2.75, 3.05) is 11.9 Å². The molecule has 3 nitrogen and oxygen atoms in total. The van der Waals surface area contributed by atoms with Gasteiger partial charge in [0, 0.05) is 11.3 Å². The number of fused-ring (bicyclic) bond motifs is 1. The zero-order valence-electron chi connectivity index (χ0n) is 9.60. The van der Waals surface area contributed by atoms with Crippen LogP contribution >= 0.6 is 0 Å². The first kappa shape index (κ1) is 13.0. The molecule has 0 saturated carbocycles. The number of anilines is 1. The molecule has 1 N–H and O–H groups in total. The van der Waals surface area contributed by atoms with Crippen molar-refractivity contribution in [2.45, 2.75) is 38.0 Å². The molecule has 1 aliphatic rings. The average Bonchev–Trinajstić information content (AvgIpc) is 2.36. The van der Waals surface area contributed by atoms with Crippen molar-refractivity contribution in [2.24, 2.45) is 0 Å². The molecule has 18 heavy (non-hydrogen) atoms. The first-order valence-electron chi connectivity index (χ1n) is 5.73. The van der Waals surface area contributed by atoms with Gasteiger partial charge in [-0.05, 0) is 25.7 Å². The topological polar surface area (TPSA) is 37.8 Å². The fourth-order valence-electron chi connectivity index (χ4n) is 1.95. The van der Waals surface area contributed by atoms with E-state index in [0.717, 1.165) is 30.5 Å². The van der Waals surface area contributed by atoms with Crippen molar-refractivity contribution in [3.63, 3.8) is 0 Å². The van der Waals surface area contributed by atoms with E-state index in [0.29, 0.717) is 6.42 Å². The standard InChI is InChI=1S/C11H13F4N3/c12-10(13)11(14,15)5-16-9-7-3-1-2-4-8(7)17-6-18-9/h6,10H,1-5H2,(H,16,17,18). The summed E-state index contributed by atoms with van der Waals surface area (Å²) in [6.45, 7) is -1.12. The van der Waals surface area contributed by atoms with Crippen LogP contribution in [0.5, 0.6) is 0 Å². The number of hydrogen-bond acceptors (Lipinski definition) is 3. The molecule has 0 aliphatic heterocycles. The monoisotopic (exact) mass is 263 g/mol. The lowest BCUT2D eigenvalue weighted by Crippen LogP contribution is -2.35. The van der Waals surface area contributed by atoms with Gasteiger partial charge in [-0.15, -0.1) is 0 Å². The number of nitrogens with zero attached hydrogens (tertiary/aromatic N) is 2. The largest absolute Gasteiger partial charge is 0.363 e. The van der Waals surface area contributed by atoms with E-state index in [2.05, 4.69) is 15.3 Å². The summed E-state index contributed by atoms with van der Waals surface area (Å²) in [7, 11) is 0. The van der Waals surface area contributed by atoms with Gasteiger partial charge in [0.15, 0.2) is 0 Å². The zero-order valence-corrected chi connectivity index (χ0v) is 9.60. The number of aromatic nitrogens is 2. The number of aryl methyl sites for hydroxylation is 1. The maximum Gasteiger partial charge on any atom is 0.324 e. The van der Waals surface area contributed by atoms with Crippen molar-refractivity contribution in [3.05, 3.63) is 17.6 Å². The predicted octanol–water partition coefficient (Wildman–Crippen LogP) is 2.67. The second kappa shape index (κ2) is 5.07. The Bertz CT molecular complexity index is 423. The summed E-state index contributed by atoms with van der Waals surface area (Å²) < 4.78 is 49.7. The molecule has 0 radical (unpaired) electrons. The van der Waals surface area contributed by atoms with E-state index in [1.165, 1.54) is 6.33 Å². The average molecular weight is 263 g/mol. The molecule has 0 bridgehead atoms. The van der Waals surface area contributed by atoms with Crippen molar-refractivity contribution in [1.29, 1.82) is 0 Å². The Morgan fingerprint density at radius 3 is 2.67 bits per heavy atom. The van der Waals surface area contributed by atoms with Gasteiger partial charge in [-0.1, -0.05) is 0 Å². The van der Waals surface area contributed by atoms with E-state index in [9.17, 15) is 17.6 Å². The van der Waals surface area contributed by atoms with Gasteiger partial charge in [0.2, 0.25) is 0 Å². The molecular weight excluding hydrogens is 250 g/mol. The quantitative estimate of drug-likeness (QED) is 0.849. The lowest BCUT2D eigenvalue weighted by Gasteiger charge is -2.20. The summed E-state index contributed by atoms with van der Waals surface area (Å²) in [6.07, 6.45) is 0.989. The fraction of sp³-hybridized carbons (Fsp3) is 0.636. The lowest BCUT2D eigenvalue weighted by atomic mass is 9.96. The lowest BCUT2D eigenvalue weighted by molar-refractivity contribution is -0.117. The van der Waals surface area contributed by atoms with Gasteiger partial charge in [-0.3, -0.25) is 0 Å². The first-order valence-corrected chi connectivity index (χ1v) is 5.73. The smallest absolute Gasteiger partial charge is 0.324 e. The molecule has 7 heteroatoms. The molecule has 0 amide bonds. The Hall–Kier alpha value is -1.40. The first-order chi connectivity index (χ1) is 8.50. The molecule has 1 aromatic heterocycles. The van der Waals surface area contributed by atoms with Crippen LogP contribution in [-0.2, 0) is 12.8 Å². The minimum atomic E-state index is -4.05. The summed E-state index contributed by atoms with van der Waals surface area (Å²) in [5.74, 6) is -3.80. The van der Waals surface area contributed by atoms with Gasteiger partial charge >= 0.3 is 12.3 Å². The third kappa shape index (κ3) is 2.70. The van der Waals surface area contributed by atoms with Crippen LogP contribution in [0, 0.1) is 0 Å². The summed E-state index contributed by atoms with van der Waals surface area (Å²) in [4.78, 5) is 7.93. The van der Waals surface area contributed by atoms with Crippen LogP contribution in [0.4, 0.5) is 23.4 Å². The highest BCUT2D eigenvalue weighted by Gasteiger charge is 2.40. The Labute approximate surface area is 102 Å². The minimum absolute atomic E-state index is 0.250. The van der Waals surface area contributed by atoms with E-state index in [1.54, 1.807) is 0 Å². The molecule has 0 unspecified atom stereocenters. The maximum absolute atomic E-state index is 12.8. The van der Waals surface area contributed by atoms with E-state index in [-0.39, 0.29) is 5.82 Å². The van der Waals surface area contributed by atoms with Crippen LogP contribution in [0.25, 0.3) is 0 Å². The second-order valence-electron chi connectivity index (χ2n) is 4.27. The third-order valence-electron chi connectivity index (χ3n) is 2.94. The van der Waals surface area contributed by atoms with Gasteiger partial charge in [0.1, 0.15) is 12.1 Å². The number of hydrogen-bond donors (Lipinski definition) is 1. The summed E-state index contributed by atoms with van der Waals surface area (Å²) >= 11 is 0. The van der Waals surface area contributed by atoms with E-state index in [4.69, 9.17) is 0 Å². The van der Waals surface area contributed by atoms with E-state index < -0.39 is 18.9 Å². The SMILES string of the molecule is FC(F)C(F)(F)CNc1ncnc2c1CCCC2. The number of rotatable bonds is 4. The Balaban J connectivity index is 2.10. The van der Waals surface area contributed by atoms with Gasteiger partial charge in [0.25, 0.3) is 0 Å². The Morgan fingerprint density at radius 1 is 1.22 bits per heavy atom. The molecule has 0 spiro atoms. The van der Waals surface area contributed by atoms with Crippen LogP contribution in [0.2, 0.25) is 0 Å². The van der Waals surface area contributed by atoms with Crippen molar-refractivity contribution in [1.82, 2.24) is 9.97 Å². The number of nitrogens with one attached hydrogen (secondary N) is 1. The summed E-state index contributed by atoms with van der Waals surface area (Å²) in [5, 5.41) is 2.31. The van der Waals surface area contributed by atoms with Crippen LogP contribution in [0.1, 0.15) is 24.1 Å². The molecule has 1 aliphatic carbocycles. The van der Waals surface area contributed by atoms with E-state index >= 15 is 0 Å². The zero-order chi connectivity index (χ0) is 13.2. The molecule has 2 rings (SSSR count). The summed E-state index contributed by atoms with van der Waals surface area (Å²) in [6, 6.07) is 0. The maximum atomic E-state index is 12.8. The molecule has 0 aromatic carbocycles. The van der Waals surface area contributed by atoms with Crippen LogP contribution < -0.4 is 5.32 Å². The Morgan fingerprint density at radius 2 is 1.94 bits per heavy atom. The van der Waals surface area contributed by atoms with E-state index in [1.807, 2.05) is 0 Å². The Kier molecular flexibility index (Phi) is 3.68.